The first-order valence-electron chi connectivity index (χ1n) is 5.66. The zero-order valence-electron chi connectivity index (χ0n) is 9.98. The molecule has 8 heteroatoms. The first-order chi connectivity index (χ1) is 7.95. The summed E-state index contributed by atoms with van der Waals surface area (Å²) in [5.41, 5.74) is 5.32. The Hall–Kier alpha value is -0.700. The van der Waals surface area contributed by atoms with E-state index in [9.17, 15) is 13.2 Å². The summed E-state index contributed by atoms with van der Waals surface area (Å²) in [4.78, 5) is 10.9. The zero-order chi connectivity index (χ0) is 12.9. The molecule has 1 aliphatic heterocycles. The van der Waals surface area contributed by atoms with Crippen molar-refractivity contribution in [2.24, 2.45) is 5.73 Å². The molecule has 1 fully saturated rings. The molecular formula is C9H20N4O3S. The van der Waals surface area contributed by atoms with Crippen molar-refractivity contribution in [3.8, 4) is 0 Å². The van der Waals surface area contributed by atoms with Gasteiger partial charge in [-0.1, -0.05) is 0 Å². The lowest BCUT2D eigenvalue weighted by Gasteiger charge is -2.19. The van der Waals surface area contributed by atoms with Crippen LogP contribution in [0.3, 0.4) is 0 Å². The number of rotatable bonds is 7. The Bertz CT molecular complexity index is 357. The van der Waals surface area contributed by atoms with Gasteiger partial charge >= 0.3 is 0 Å². The summed E-state index contributed by atoms with van der Waals surface area (Å²) < 4.78 is 27.2. The molecule has 1 unspecified atom stereocenters. The largest absolute Gasteiger partial charge is 0.352 e. The highest BCUT2D eigenvalue weighted by Crippen LogP contribution is 2.06. The average molecular weight is 264 g/mol. The van der Waals surface area contributed by atoms with Crippen molar-refractivity contribution in [1.29, 1.82) is 0 Å². The van der Waals surface area contributed by atoms with Gasteiger partial charge in [-0.25, -0.2) is 4.72 Å². The third kappa shape index (κ3) is 4.58. The lowest BCUT2D eigenvalue weighted by Crippen LogP contribution is -2.44. The van der Waals surface area contributed by atoms with E-state index in [2.05, 4.69) is 10.0 Å². The van der Waals surface area contributed by atoms with Gasteiger partial charge in [-0.3, -0.25) is 4.79 Å². The molecule has 1 atom stereocenters. The van der Waals surface area contributed by atoms with E-state index >= 15 is 0 Å². The summed E-state index contributed by atoms with van der Waals surface area (Å²) in [6.07, 6.45) is 1.76. The minimum absolute atomic E-state index is 0.0225. The maximum atomic E-state index is 11.7. The van der Waals surface area contributed by atoms with Crippen LogP contribution in [0.1, 0.15) is 19.3 Å². The molecule has 1 amide bonds. The van der Waals surface area contributed by atoms with Crippen molar-refractivity contribution in [1.82, 2.24) is 14.3 Å². The number of hydrogen-bond acceptors (Lipinski definition) is 4. The topological polar surface area (TPSA) is 105 Å². The minimum Gasteiger partial charge on any atom is -0.352 e. The molecule has 0 aromatic rings. The van der Waals surface area contributed by atoms with E-state index in [0.717, 1.165) is 0 Å². The van der Waals surface area contributed by atoms with Gasteiger partial charge in [0, 0.05) is 32.6 Å². The van der Waals surface area contributed by atoms with Gasteiger partial charge in [0.1, 0.15) is 0 Å². The number of carbonyl (C=O) groups excluding carboxylic acids is 1. The second kappa shape index (κ2) is 6.29. The first kappa shape index (κ1) is 14.4. The van der Waals surface area contributed by atoms with Crippen LogP contribution in [0.25, 0.3) is 0 Å². The predicted octanol–water partition coefficient (Wildman–Crippen LogP) is -1.62. The molecule has 17 heavy (non-hydrogen) atoms. The molecule has 1 aliphatic rings. The Morgan fingerprint density at radius 2 is 2.29 bits per heavy atom. The Morgan fingerprint density at radius 1 is 1.59 bits per heavy atom. The standard InChI is InChI=1S/C9H20N4O3S/c1-13(6-2-5-10)17(15,16)11-7-8-3-4-9(14)12-8/h8,11H,2-7,10H2,1H3,(H,12,14). The molecule has 4 N–H and O–H groups in total. The molecule has 0 bridgehead atoms. The maximum Gasteiger partial charge on any atom is 0.279 e. The number of hydrogen-bond donors (Lipinski definition) is 3. The fourth-order valence-corrected chi connectivity index (χ4v) is 2.58. The number of amides is 1. The van der Waals surface area contributed by atoms with Gasteiger partial charge in [0.05, 0.1) is 0 Å². The number of carbonyl (C=O) groups is 1. The number of nitrogens with one attached hydrogen (secondary N) is 2. The Kier molecular flexibility index (Phi) is 5.31. The molecule has 0 saturated carbocycles. The van der Waals surface area contributed by atoms with E-state index in [1.54, 1.807) is 0 Å². The van der Waals surface area contributed by atoms with E-state index in [-0.39, 0.29) is 18.5 Å². The lowest BCUT2D eigenvalue weighted by atomic mass is 10.2. The summed E-state index contributed by atoms with van der Waals surface area (Å²) >= 11 is 0. The summed E-state index contributed by atoms with van der Waals surface area (Å²) in [7, 11) is -1.96. The Morgan fingerprint density at radius 3 is 2.82 bits per heavy atom. The van der Waals surface area contributed by atoms with Crippen LogP contribution in [0, 0.1) is 0 Å². The van der Waals surface area contributed by atoms with Crippen LogP contribution in [0.15, 0.2) is 0 Å². The summed E-state index contributed by atoms with van der Waals surface area (Å²) in [5.74, 6) is -0.0225. The SMILES string of the molecule is CN(CCCN)S(=O)(=O)NCC1CCC(=O)N1. The second-order valence-corrected chi connectivity index (χ2v) is 5.98. The van der Waals surface area contributed by atoms with Gasteiger partial charge in [-0.2, -0.15) is 12.7 Å². The van der Waals surface area contributed by atoms with Crippen molar-refractivity contribution in [3.05, 3.63) is 0 Å². The van der Waals surface area contributed by atoms with Crippen LogP contribution in [-0.2, 0) is 15.0 Å². The molecule has 0 spiro atoms. The van der Waals surface area contributed by atoms with Crippen molar-refractivity contribution in [2.45, 2.75) is 25.3 Å². The summed E-state index contributed by atoms with van der Waals surface area (Å²) in [6.45, 7) is 1.09. The molecule has 1 heterocycles. The third-order valence-corrected chi connectivity index (χ3v) is 4.22. The van der Waals surface area contributed by atoms with Gasteiger partial charge in [0.2, 0.25) is 5.91 Å². The Labute approximate surface area is 102 Å². The minimum atomic E-state index is -3.46. The highest BCUT2D eigenvalue weighted by atomic mass is 32.2. The predicted molar refractivity (Wildman–Crippen MR) is 64.4 cm³/mol. The lowest BCUT2D eigenvalue weighted by molar-refractivity contribution is -0.119. The molecule has 0 aliphatic carbocycles. The zero-order valence-corrected chi connectivity index (χ0v) is 10.8. The third-order valence-electron chi connectivity index (χ3n) is 2.68. The van der Waals surface area contributed by atoms with Crippen LogP contribution in [0.5, 0.6) is 0 Å². The van der Waals surface area contributed by atoms with E-state index in [4.69, 9.17) is 5.73 Å². The fourth-order valence-electron chi connectivity index (χ4n) is 1.58. The highest BCUT2D eigenvalue weighted by Gasteiger charge is 2.23. The molecule has 7 nitrogen and oxygen atoms in total. The highest BCUT2D eigenvalue weighted by molar-refractivity contribution is 7.87. The fraction of sp³-hybridized carbons (Fsp3) is 0.889. The van der Waals surface area contributed by atoms with Gasteiger partial charge in [0.25, 0.3) is 10.2 Å². The van der Waals surface area contributed by atoms with Gasteiger partial charge in [0.15, 0.2) is 0 Å². The van der Waals surface area contributed by atoms with Crippen LogP contribution in [0.4, 0.5) is 0 Å². The summed E-state index contributed by atoms with van der Waals surface area (Å²) in [6, 6.07) is -0.0971. The molecule has 100 valence electrons. The number of nitrogens with zero attached hydrogens (tertiary/aromatic N) is 1. The monoisotopic (exact) mass is 264 g/mol. The first-order valence-corrected chi connectivity index (χ1v) is 7.10. The normalized spacial score (nSPS) is 20.9. The van der Waals surface area contributed by atoms with Crippen LogP contribution in [-0.4, -0.2) is 51.4 Å². The second-order valence-electron chi connectivity index (χ2n) is 4.12. The smallest absolute Gasteiger partial charge is 0.279 e. The number of nitrogens with two attached hydrogens (primary N) is 1. The molecule has 0 aromatic carbocycles. The molecular weight excluding hydrogens is 244 g/mol. The van der Waals surface area contributed by atoms with Crippen molar-refractivity contribution >= 4 is 16.1 Å². The molecule has 1 rings (SSSR count). The molecule has 0 radical (unpaired) electrons. The molecule has 1 saturated heterocycles. The van der Waals surface area contributed by atoms with Crippen LogP contribution in [0.2, 0.25) is 0 Å². The van der Waals surface area contributed by atoms with E-state index in [1.807, 2.05) is 0 Å². The molecule has 0 aromatic heterocycles. The van der Waals surface area contributed by atoms with Crippen molar-refractivity contribution < 1.29 is 13.2 Å². The Balaban J connectivity index is 2.36. The van der Waals surface area contributed by atoms with E-state index in [1.165, 1.54) is 11.4 Å². The van der Waals surface area contributed by atoms with Crippen molar-refractivity contribution in [3.63, 3.8) is 0 Å². The van der Waals surface area contributed by atoms with Gasteiger partial charge in [-0.15, -0.1) is 0 Å². The quantitative estimate of drug-likeness (QED) is 0.514. The van der Waals surface area contributed by atoms with Gasteiger partial charge in [-0.05, 0) is 19.4 Å². The van der Waals surface area contributed by atoms with Gasteiger partial charge < -0.3 is 11.1 Å². The van der Waals surface area contributed by atoms with E-state index < -0.39 is 10.2 Å². The average Bonchev–Trinajstić information content (AvgIpc) is 2.69. The van der Waals surface area contributed by atoms with E-state index in [0.29, 0.717) is 32.4 Å². The summed E-state index contributed by atoms with van der Waals surface area (Å²) in [5, 5.41) is 2.70. The van der Waals surface area contributed by atoms with Crippen LogP contribution >= 0.6 is 0 Å². The van der Waals surface area contributed by atoms with Crippen LogP contribution < -0.4 is 15.8 Å². The maximum absolute atomic E-state index is 11.7. The van der Waals surface area contributed by atoms with Crippen molar-refractivity contribution in [2.75, 3.05) is 26.7 Å².